The van der Waals surface area contributed by atoms with Crippen molar-refractivity contribution in [3.05, 3.63) is 0 Å². The second-order valence-corrected chi connectivity index (χ2v) is 4.76. The Morgan fingerprint density at radius 3 is 2.67 bits per heavy atom. The van der Waals surface area contributed by atoms with Gasteiger partial charge in [0.2, 0.25) is 5.91 Å². The first-order chi connectivity index (χ1) is 7.21. The first-order valence-corrected chi connectivity index (χ1v) is 5.86. The van der Waals surface area contributed by atoms with Gasteiger partial charge in [0.1, 0.15) is 0 Å². The number of hydrogen-bond donors (Lipinski definition) is 2. The van der Waals surface area contributed by atoms with Gasteiger partial charge >= 0.3 is 0 Å². The van der Waals surface area contributed by atoms with Crippen molar-refractivity contribution in [1.29, 1.82) is 0 Å². The first-order valence-electron chi connectivity index (χ1n) is 5.86. The Labute approximate surface area is 90.5 Å². The van der Waals surface area contributed by atoms with Gasteiger partial charge in [0, 0.05) is 19.8 Å². The van der Waals surface area contributed by atoms with Gasteiger partial charge in [-0.15, -0.1) is 0 Å². The standard InChI is InChI=1S/C11H20N2O2/c12-11(4-7-15-8-5-11)10(14)13-6-3-9-1-2-9/h9H,1-8,12H2,(H,13,14). The van der Waals surface area contributed by atoms with Gasteiger partial charge in [-0.2, -0.15) is 0 Å². The van der Waals surface area contributed by atoms with Crippen molar-refractivity contribution in [3.8, 4) is 0 Å². The van der Waals surface area contributed by atoms with Crippen molar-refractivity contribution < 1.29 is 9.53 Å². The fourth-order valence-electron chi connectivity index (χ4n) is 1.94. The Kier molecular flexibility index (Phi) is 3.26. The Balaban J connectivity index is 1.72. The lowest BCUT2D eigenvalue weighted by atomic mass is 9.90. The summed E-state index contributed by atoms with van der Waals surface area (Å²) in [4.78, 5) is 11.8. The van der Waals surface area contributed by atoms with Crippen molar-refractivity contribution >= 4 is 5.91 Å². The molecule has 1 heterocycles. The molecule has 2 aliphatic rings. The summed E-state index contributed by atoms with van der Waals surface area (Å²) >= 11 is 0. The predicted molar refractivity (Wildman–Crippen MR) is 57.3 cm³/mol. The lowest BCUT2D eigenvalue weighted by Crippen LogP contribution is -2.57. The van der Waals surface area contributed by atoms with Crippen LogP contribution >= 0.6 is 0 Å². The SMILES string of the molecule is NC1(C(=O)NCCC2CC2)CCOCC1. The molecule has 1 amide bonds. The molecule has 0 atom stereocenters. The Hall–Kier alpha value is -0.610. The van der Waals surface area contributed by atoms with E-state index in [4.69, 9.17) is 10.5 Å². The van der Waals surface area contributed by atoms with Crippen LogP contribution in [0.2, 0.25) is 0 Å². The number of nitrogens with one attached hydrogen (secondary N) is 1. The van der Waals surface area contributed by atoms with Crippen molar-refractivity contribution in [3.63, 3.8) is 0 Å². The zero-order valence-electron chi connectivity index (χ0n) is 9.13. The predicted octanol–water partition coefficient (Wildman–Crippen LogP) is 0.411. The number of hydrogen-bond acceptors (Lipinski definition) is 3. The molecule has 1 aliphatic heterocycles. The second kappa shape index (κ2) is 4.49. The highest BCUT2D eigenvalue weighted by Crippen LogP contribution is 2.31. The van der Waals surface area contributed by atoms with Crippen LogP contribution in [0.25, 0.3) is 0 Å². The molecular weight excluding hydrogens is 192 g/mol. The van der Waals surface area contributed by atoms with Gasteiger partial charge in [0.05, 0.1) is 5.54 Å². The number of nitrogens with two attached hydrogens (primary N) is 1. The largest absolute Gasteiger partial charge is 0.381 e. The highest BCUT2D eigenvalue weighted by atomic mass is 16.5. The van der Waals surface area contributed by atoms with Gasteiger partial charge in [-0.05, 0) is 25.2 Å². The molecule has 1 saturated carbocycles. The number of rotatable bonds is 4. The third kappa shape index (κ3) is 2.92. The van der Waals surface area contributed by atoms with Gasteiger partial charge in [-0.1, -0.05) is 12.8 Å². The molecule has 2 fully saturated rings. The summed E-state index contributed by atoms with van der Waals surface area (Å²) < 4.78 is 5.21. The van der Waals surface area contributed by atoms with Crippen LogP contribution in [0.15, 0.2) is 0 Å². The average molecular weight is 212 g/mol. The van der Waals surface area contributed by atoms with Crippen LogP contribution in [0, 0.1) is 5.92 Å². The number of carbonyl (C=O) groups is 1. The molecule has 86 valence electrons. The highest BCUT2D eigenvalue weighted by molar-refractivity contribution is 5.86. The van der Waals surface area contributed by atoms with E-state index in [9.17, 15) is 4.79 Å². The molecule has 0 aromatic rings. The number of amides is 1. The van der Waals surface area contributed by atoms with Gasteiger partial charge in [-0.25, -0.2) is 0 Å². The van der Waals surface area contributed by atoms with E-state index in [-0.39, 0.29) is 5.91 Å². The van der Waals surface area contributed by atoms with E-state index in [1.165, 1.54) is 12.8 Å². The molecule has 0 aromatic heterocycles. The minimum absolute atomic E-state index is 0.00597. The smallest absolute Gasteiger partial charge is 0.240 e. The molecule has 1 aliphatic carbocycles. The van der Waals surface area contributed by atoms with E-state index in [2.05, 4.69) is 5.32 Å². The molecule has 0 unspecified atom stereocenters. The molecule has 0 radical (unpaired) electrons. The molecule has 3 N–H and O–H groups in total. The molecular formula is C11H20N2O2. The normalized spacial score (nSPS) is 24.9. The van der Waals surface area contributed by atoms with Crippen LogP contribution in [-0.2, 0) is 9.53 Å². The Morgan fingerprint density at radius 1 is 1.40 bits per heavy atom. The maximum atomic E-state index is 11.8. The average Bonchev–Trinajstić information content (AvgIpc) is 3.03. The minimum atomic E-state index is -0.679. The zero-order chi connectivity index (χ0) is 10.7. The summed E-state index contributed by atoms with van der Waals surface area (Å²) in [6.45, 7) is 1.99. The molecule has 0 spiro atoms. The van der Waals surface area contributed by atoms with Crippen molar-refractivity contribution in [2.45, 2.75) is 37.6 Å². The summed E-state index contributed by atoms with van der Waals surface area (Å²) in [6.07, 6.45) is 5.05. The van der Waals surface area contributed by atoms with Crippen molar-refractivity contribution in [1.82, 2.24) is 5.32 Å². The molecule has 15 heavy (non-hydrogen) atoms. The molecule has 1 saturated heterocycles. The molecule has 4 heteroatoms. The van der Waals surface area contributed by atoms with Crippen LogP contribution in [-0.4, -0.2) is 31.2 Å². The Morgan fingerprint density at radius 2 is 2.07 bits per heavy atom. The number of carbonyl (C=O) groups excluding carboxylic acids is 1. The van der Waals surface area contributed by atoms with E-state index in [1.54, 1.807) is 0 Å². The van der Waals surface area contributed by atoms with E-state index >= 15 is 0 Å². The quantitative estimate of drug-likeness (QED) is 0.709. The topological polar surface area (TPSA) is 64.4 Å². The summed E-state index contributed by atoms with van der Waals surface area (Å²) in [6, 6.07) is 0. The minimum Gasteiger partial charge on any atom is -0.381 e. The van der Waals surface area contributed by atoms with Gasteiger partial charge in [-0.3, -0.25) is 4.79 Å². The van der Waals surface area contributed by atoms with E-state index in [0.717, 1.165) is 18.9 Å². The third-order valence-corrected chi connectivity index (χ3v) is 3.37. The lowest BCUT2D eigenvalue weighted by Gasteiger charge is -2.31. The monoisotopic (exact) mass is 212 g/mol. The van der Waals surface area contributed by atoms with Crippen LogP contribution < -0.4 is 11.1 Å². The molecule has 2 rings (SSSR count). The van der Waals surface area contributed by atoms with Crippen LogP contribution in [0.5, 0.6) is 0 Å². The second-order valence-electron chi connectivity index (χ2n) is 4.76. The Bertz CT molecular complexity index is 233. The third-order valence-electron chi connectivity index (χ3n) is 3.37. The summed E-state index contributed by atoms with van der Waals surface area (Å²) in [5.74, 6) is 0.861. The van der Waals surface area contributed by atoms with Crippen LogP contribution in [0.4, 0.5) is 0 Å². The summed E-state index contributed by atoms with van der Waals surface area (Å²) in [5.41, 5.74) is 5.36. The van der Waals surface area contributed by atoms with Crippen molar-refractivity contribution in [2.24, 2.45) is 11.7 Å². The lowest BCUT2D eigenvalue weighted by molar-refractivity contribution is -0.129. The van der Waals surface area contributed by atoms with Gasteiger partial charge in [0.25, 0.3) is 0 Å². The summed E-state index contributed by atoms with van der Waals surface area (Å²) in [5, 5.41) is 2.94. The van der Waals surface area contributed by atoms with Crippen LogP contribution in [0.3, 0.4) is 0 Å². The van der Waals surface area contributed by atoms with E-state index in [0.29, 0.717) is 26.1 Å². The first kappa shape index (κ1) is 10.9. The molecule has 0 bridgehead atoms. The van der Waals surface area contributed by atoms with Gasteiger partial charge < -0.3 is 15.8 Å². The maximum absolute atomic E-state index is 11.8. The van der Waals surface area contributed by atoms with E-state index < -0.39 is 5.54 Å². The fraction of sp³-hybridized carbons (Fsp3) is 0.909. The van der Waals surface area contributed by atoms with E-state index in [1.807, 2.05) is 0 Å². The van der Waals surface area contributed by atoms with Crippen molar-refractivity contribution in [2.75, 3.05) is 19.8 Å². The maximum Gasteiger partial charge on any atom is 0.240 e. The van der Waals surface area contributed by atoms with Gasteiger partial charge in [0.15, 0.2) is 0 Å². The zero-order valence-corrected chi connectivity index (χ0v) is 9.13. The highest BCUT2D eigenvalue weighted by Gasteiger charge is 2.35. The molecule has 0 aromatic carbocycles. The number of ether oxygens (including phenoxy) is 1. The van der Waals surface area contributed by atoms with Crippen LogP contribution in [0.1, 0.15) is 32.1 Å². The molecule has 4 nitrogen and oxygen atoms in total. The fourth-order valence-corrected chi connectivity index (χ4v) is 1.94. The summed E-state index contributed by atoms with van der Waals surface area (Å²) in [7, 11) is 0.